The molecular formula is C38H53N3O12. The normalized spacial score (nSPS) is 25.4. The van der Waals surface area contributed by atoms with Crippen LogP contribution in [-0.2, 0) is 50.0 Å². The molecule has 1 aromatic carbocycles. The topological polar surface area (TPSA) is 188 Å². The number of alkyl carbamates (subject to hydrolysis) is 1. The number of carbonyl (C=O) groups excluding carboxylic acids is 5. The van der Waals surface area contributed by atoms with Gasteiger partial charge < -0.3 is 49.1 Å². The summed E-state index contributed by atoms with van der Waals surface area (Å²) in [4.78, 5) is 66.1. The lowest BCUT2D eigenvalue weighted by atomic mass is 9.50. The molecule has 5 rings (SSSR count). The van der Waals surface area contributed by atoms with Crippen LogP contribution in [0.1, 0.15) is 91.7 Å². The van der Waals surface area contributed by atoms with Gasteiger partial charge in [0, 0.05) is 31.0 Å². The van der Waals surface area contributed by atoms with Crippen molar-refractivity contribution in [1.29, 1.82) is 0 Å². The molecule has 2 amide bonds. The van der Waals surface area contributed by atoms with Gasteiger partial charge in [0.25, 0.3) is 0 Å². The Labute approximate surface area is 310 Å². The lowest BCUT2D eigenvalue weighted by Crippen LogP contribution is -2.74. The lowest BCUT2D eigenvalue weighted by Gasteiger charge is -2.61. The van der Waals surface area contributed by atoms with Gasteiger partial charge in [-0.1, -0.05) is 6.07 Å². The van der Waals surface area contributed by atoms with Crippen LogP contribution in [0.3, 0.4) is 0 Å². The minimum absolute atomic E-state index is 0.0803. The second kappa shape index (κ2) is 14.8. The van der Waals surface area contributed by atoms with E-state index in [0.717, 1.165) is 11.1 Å². The van der Waals surface area contributed by atoms with Gasteiger partial charge in [-0.2, -0.15) is 0 Å². The summed E-state index contributed by atoms with van der Waals surface area (Å²) in [5.74, 6) is -1.51. The minimum atomic E-state index is -1.31. The number of aliphatic hydroxyl groups is 1. The molecule has 15 nitrogen and oxygen atoms in total. The van der Waals surface area contributed by atoms with E-state index in [2.05, 4.69) is 15.5 Å². The van der Waals surface area contributed by atoms with Crippen molar-refractivity contribution in [2.45, 2.75) is 134 Å². The van der Waals surface area contributed by atoms with Crippen molar-refractivity contribution in [1.82, 2.24) is 15.5 Å². The number of rotatable bonds is 12. The van der Waals surface area contributed by atoms with E-state index in [1.165, 1.54) is 6.92 Å². The number of carbonyl (C=O) groups is 5. The number of methoxy groups -OCH3 is 1. The van der Waals surface area contributed by atoms with E-state index in [0.29, 0.717) is 30.9 Å². The molecule has 0 saturated carbocycles. The predicted octanol–water partition coefficient (Wildman–Crippen LogP) is 2.97. The first-order valence-electron chi connectivity index (χ1n) is 18.1. The number of nitrogens with zero attached hydrogens (tertiary/aromatic N) is 1. The fourth-order valence-corrected chi connectivity index (χ4v) is 7.88. The molecule has 2 heterocycles. The maximum atomic E-state index is 13.3. The van der Waals surface area contributed by atoms with E-state index in [1.807, 2.05) is 19.2 Å². The largest absolute Gasteiger partial charge is 0.493 e. The number of piperidine rings is 1. The number of ether oxygens (including phenoxy) is 6. The van der Waals surface area contributed by atoms with E-state index in [-0.39, 0.29) is 44.0 Å². The molecule has 0 radical (unpaired) electrons. The number of benzene rings is 1. The number of hydrogen-bond acceptors (Lipinski definition) is 13. The molecule has 1 spiro atoms. The van der Waals surface area contributed by atoms with Gasteiger partial charge >= 0.3 is 24.0 Å². The summed E-state index contributed by atoms with van der Waals surface area (Å²) < 4.78 is 33.9. The molecule has 1 saturated heterocycles. The molecule has 292 valence electrons. The third-order valence-corrected chi connectivity index (χ3v) is 10.1. The van der Waals surface area contributed by atoms with E-state index >= 15 is 0 Å². The van der Waals surface area contributed by atoms with E-state index in [1.54, 1.807) is 54.7 Å². The van der Waals surface area contributed by atoms with Crippen LogP contribution in [0, 0.1) is 0 Å². The number of nitrogens with one attached hydrogen (secondary N) is 2. The highest BCUT2D eigenvalue weighted by atomic mass is 16.6. The first-order valence-corrected chi connectivity index (χ1v) is 18.1. The number of esters is 3. The van der Waals surface area contributed by atoms with Crippen LogP contribution < -0.4 is 20.1 Å². The second-order valence-corrected chi connectivity index (χ2v) is 16.2. The Hall–Kier alpha value is -4.37. The summed E-state index contributed by atoms with van der Waals surface area (Å²) in [7, 11) is 3.56. The summed E-state index contributed by atoms with van der Waals surface area (Å²) in [6, 6.07) is 2.53. The van der Waals surface area contributed by atoms with Crippen molar-refractivity contribution in [3.63, 3.8) is 0 Å². The van der Waals surface area contributed by atoms with E-state index < -0.39 is 70.4 Å². The molecule has 2 unspecified atom stereocenters. The van der Waals surface area contributed by atoms with Crippen LogP contribution in [0.2, 0.25) is 0 Å². The Kier molecular flexibility index (Phi) is 11.1. The molecule has 1 fully saturated rings. The maximum absolute atomic E-state index is 13.3. The quantitative estimate of drug-likeness (QED) is 0.210. The highest BCUT2D eigenvalue weighted by Gasteiger charge is 2.72. The van der Waals surface area contributed by atoms with Gasteiger partial charge in [-0.25, -0.2) is 9.59 Å². The Morgan fingerprint density at radius 1 is 1.04 bits per heavy atom. The van der Waals surface area contributed by atoms with E-state index in [4.69, 9.17) is 28.4 Å². The van der Waals surface area contributed by atoms with Gasteiger partial charge in [0.15, 0.2) is 23.7 Å². The summed E-state index contributed by atoms with van der Waals surface area (Å²) in [5.41, 5.74) is -1.65. The highest BCUT2D eigenvalue weighted by molar-refractivity contribution is 5.87. The zero-order valence-corrected chi connectivity index (χ0v) is 32.1. The average Bonchev–Trinajstić information content (AvgIpc) is 3.40. The Balaban J connectivity index is 1.18. The number of likely N-dealkylation sites (N-methyl/N-ethyl adjacent to an activating group) is 1. The average molecular weight is 744 g/mol. The van der Waals surface area contributed by atoms with Crippen LogP contribution in [0.4, 0.5) is 4.79 Å². The molecule has 2 aliphatic heterocycles. The Morgan fingerprint density at radius 2 is 1.74 bits per heavy atom. The third kappa shape index (κ3) is 8.10. The van der Waals surface area contributed by atoms with Crippen LogP contribution in [0.15, 0.2) is 24.0 Å². The molecule has 53 heavy (non-hydrogen) atoms. The second-order valence-electron chi connectivity index (χ2n) is 16.2. The van der Waals surface area contributed by atoms with Crippen LogP contribution >= 0.6 is 0 Å². The summed E-state index contributed by atoms with van der Waals surface area (Å²) >= 11 is 0. The van der Waals surface area contributed by atoms with Crippen molar-refractivity contribution < 1.29 is 57.5 Å². The standard InChI is InChI=1S/C38H53N3O12/c1-21(49-27(42)15-18-39-32(44)23(40-34(46)53-36(5,6)7)11-13-28(43)52-35(2,3)4)33(45)50-25-14-16-38(47)26-20-22-10-12-24(48-9)30-29(22)37(38,31(25)51-30)17-19-41(26)8/h10,12,14,21,23,26,31,47H,11,13,15-20H2,1-9H3,(H,39,44)(H,40,46)/t21?,23?,26-,31+,37+,38-/m1/s1. The fraction of sp³-hybridized carbons (Fsp3) is 0.658. The predicted molar refractivity (Wildman–Crippen MR) is 189 cm³/mol. The van der Waals surface area contributed by atoms with Crippen LogP contribution in [0.5, 0.6) is 11.5 Å². The summed E-state index contributed by atoms with van der Waals surface area (Å²) in [6.07, 6.45) is -0.378. The van der Waals surface area contributed by atoms with Crippen molar-refractivity contribution in [2.24, 2.45) is 0 Å². The Bertz CT molecular complexity index is 1660. The van der Waals surface area contributed by atoms with Crippen molar-refractivity contribution in [3.05, 3.63) is 35.1 Å². The first-order chi connectivity index (χ1) is 24.7. The molecule has 6 atom stereocenters. The number of hydrogen-bond donors (Lipinski definition) is 3. The van der Waals surface area contributed by atoms with Crippen LogP contribution in [0.25, 0.3) is 0 Å². The summed E-state index contributed by atoms with van der Waals surface area (Å²) in [6.45, 7) is 12.1. The molecule has 1 aromatic rings. The molecule has 0 aromatic heterocycles. The lowest BCUT2D eigenvalue weighted by molar-refractivity contribution is -0.175. The smallest absolute Gasteiger partial charge is 0.408 e. The minimum Gasteiger partial charge on any atom is -0.493 e. The van der Waals surface area contributed by atoms with Crippen LogP contribution in [-0.4, -0.2) is 108 Å². The first kappa shape index (κ1) is 39.8. The van der Waals surface area contributed by atoms with Crippen molar-refractivity contribution >= 4 is 29.9 Å². The monoisotopic (exact) mass is 743 g/mol. The highest BCUT2D eigenvalue weighted by Crippen LogP contribution is 2.65. The SMILES string of the molecule is COc1ccc2c3c1O[C@H]1C(OC(=O)C(C)OC(=O)CCNC(=O)C(CCC(=O)OC(C)(C)C)NC(=O)OC(C)(C)C)=CC[C@@]4(O)[C@@H](C2)N(C)CC[C@]314. The van der Waals surface area contributed by atoms with Gasteiger partial charge in [0.2, 0.25) is 5.91 Å². The zero-order valence-electron chi connectivity index (χ0n) is 32.1. The van der Waals surface area contributed by atoms with Crippen molar-refractivity contribution in [2.75, 3.05) is 27.2 Å². The summed E-state index contributed by atoms with van der Waals surface area (Å²) in [5, 5.41) is 17.4. The number of likely N-dealkylation sites (tertiary alicyclic amines) is 1. The molecule has 15 heteroatoms. The zero-order chi connectivity index (χ0) is 39.1. The van der Waals surface area contributed by atoms with Gasteiger partial charge in [-0.3, -0.25) is 14.4 Å². The third-order valence-electron chi connectivity index (χ3n) is 10.1. The van der Waals surface area contributed by atoms with Gasteiger partial charge in [-0.05, 0) is 99.0 Å². The molecule has 2 bridgehead atoms. The fourth-order valence-electron chi connectivity index (χ4n) is 7.88. The Morgan fingerprint density at radius 3 is 2.40 bits per heavy atom. The van der Waals surface area contributed by atoms with Crippen molar-refractivity contribution in [3.8, 4) is 11.5 Å². The van der Waals surface area contributed by atoms with E-state index in [9.17, 15) is 29.1 Å². The molecule has 2 aliphatic carbocycles. The van der Waals surface area contributed by atoms with Gasteiger partial charge in [0.1, 0.15) is 23.0 Å². The van der Waals surface area contributed by atoms with Gasteiger partial charge in [-0.15, -0.1) is 0 Å². The molecular weight excluding hydrogens is 690 g/mol. The number of amides is 2. The van der Waals surface area contributed by atoms with Gasteiger partial charge in [0.05, 0.1) is 24.5 Å². The molecule has 3 N–H and O–H groups in total. The maximum Gasteiger partial charge on any atom is 0.408 e. The molecule has 4 aliphatic rings.